The van der Waals surface area contributed by atoms with Crippen molar-refractivity contribution in [1.82, 2.24) is 5.32 Å². The van der Waals surface area contributed by atoms with Crippen molar-refractivity contribution in [2.45, 2.75) is 0 Å². The van der Waals surface area contributed by atoms with Crippen molar-refractivity contribution in [3.05, 3.63) is 44.2 Å². The van der Waals surface area contributed by atoms with Crippen molar-refractivity contribution in [2.75, 3.05) is 6.61 Å². The Kier molecular flexibility index (Phi) is 5.06. The average molecular weight is 419 g/mol. The molecular weight excluding hydrogens is 410 g/mol. The number of hydrogen-bond donors (Lipinski definition) is 1. The summed E-state index contributed by atoms with van der Waals surface area (Å²) in [6, 6.07) is 3.62. The highest BCUT2D eigenvalue weighted by atomic mass is 79.9. The van der Waals surface area contributed by atoms with Crippen LogP contribution in [0.15, 0.2) is 38.6 Å². The molecule has 1 heterocycles. The molecule has 2 amide bonds. The molecule has 1 aliphatic heterocycles. The number of carbonyl (C=O) groups excluding carboxylic acids is 2. The molecule has 1 N–H and O–H groups in total. The van der Waals surface area contributed by atoms with Crippen LogP contribution in [-0.4, -0.2) is 17.8 Å². The first kappa shape index (κ1) is 15.3. The van der Waals surface area contributed by atoms with Gasteiger partial charge in [-0.05, 0) is 67.4 Å². The molecule has 0 spiro atoms. The Hall–Kier alpha value is -1.05. The number of thioether (sulfide) groups is 1. The number of imide groups is 1. The Morgan fingerprint density at radius 2 is 1.95 bits per heavy atom. The highest BCUT2D eigenvalue weighted by Crippen LogP contribution is 2.36. The zero-order valence-corrected chi connectivity index (χ0v) is 14.1. The van der Waals surface area contributed by atoms with Crippen LogP contribution in [0.4, 0.5) is 4.79 Å². The second kappa shape index (κ2) is 6.60. The molecule has 2 rings (SSSR count). The van der Waals surface area contributed by atoms with Crippen LogP contribution >= 0.6 is 43.6 Å². The van der Waals surface area contributed by atoms with E-state index in [0.29, 0.717) is 17.3 Å². The second-order valence-corrected chi connectivity index (χ2v) is 6.49. The minimum absolute atomic E-state index is 0.356. The predicted octanol–water partition coefficient (Wildman–Crippen LogP) is 4.10. The third-order valence-electron chi connectivity index (χ3n) is 2.31. The third-order valence-corrected chi connectivity index (χ3v) is 4.29. The third kappa shape index (κ3) is 3.53. The van der Waals surface area contributed by atoms with E-state index in [1.54, 1.807) is 12.2 Å². The fraction of sp³-hybridized carbons (Fsp3) is 0.0769. The van der Waals surface area contributed by atoms with Gasteiger partial charge in [-0.25, -0.2) is 0 Å². The van der Waals surface area contributed by atoms with Crippen molar-refractivity contribution in [3.8, 4) is 5.75 Å². The molecule has 0 aromatic heterocycles. The molecule has 1 aromatic rings. The summed E-state index contributed by atoms with van der Waals surface area (Å²) in [6.07, 6.45) is 3.30. The fourth-order valence-corrected chi connectivity index (χ4v) is 3.65. The Morgan fingerprint density at radius 3 is 2.45 bits per heavy atom. The van der Waals surface area contributed by atoms with Crippen LogP contribution in [0, 0.1) is 0 Å². The van der Waals surface area contributed by atoms with Gasteiger partial charge >= 0.3 is 0 Å². The quantitative estimate of drug-likeness (QED) is 0.590. The summed E-state index contributed by atoms with van der Waals surface area (Å²) in [6.45, 7) is 3.99. The highest BCUT2D eigenvalue weighted by Gasteiger charge is 2.25. The number of hydrogen-bond acceptors (Lipinski definition) is 4. The zero-order valence-electron chi connectivity index (χ0n) is 10.1. The molecule has 20 heavy (non-hydrogen) atoms. The van der Waals surface area contributed by atoms with E-state index in [2.05, 4.69) is 43.8 Å². The monoisotopic (exact) mass is 417 g/mol. The lowest BCUT2D eigenvalue weighted by Crippen LogP contribution is -2.17. The van der Waals surface area contributed by atoms with Crippen LogP contribution in [0.2, 0.25) is 0 Å². The maximum absolute atomic E-state index is 11.5. The van der Waals surface area contributed by atoms with Gasteiger partial charge in [0.2, 0.25) is 0 Å². The van der Waals surface area contributed by atoms with Gasteiger partial charge in [-0.3, -0.25) is 14.9 Å². The molecule has 1 aliphatic rings. The number of ether oxygens (including phenoxy) is 1. The van der Waals surface area contributed by atoms with Crippen LogP contribution in [0.5, 0.6) is 5.75 Å². The topological polar surface area (TPSA) is 55.4 Å². The summed E-state index contributed by atoms with van der Waals surface area (Å²) in [5.74, 6) is 0.283. The molecular formula is C13H9Br2NO3S. The number of benzene rings is 1. The Labute approximate surface area is 136 Å². The Balaban J connectivity index is 2.31. The fourth-order valence-electron chi connectivity index (χ4n) is 1.52. The van der Waals surface area contributed by atoms with Crippen LogP contribution in [0.3, 0.4) is 0 Å². The molecule has 0 saturated carbocycles. The van der Waals surface area contributed by atoms with Gasteiger partial charge < -0.3 is 4.74 Å². The van der Waals surface area contributed by atoms with Gasteiger partial charge in [0, 0.05) is 0 Å². The molecule has 1 aromatic carbocycles. The van der Waals surface area contributed by atoms with E-state index < -0.39 is 0 Å². The van der Waals surface area contributed by atoms with Crippen molar-refractivity contribution in [2.24, 2.45) is 0 Å². The van der Waals surface area contributed by atoms with Crippen molar-refractivity contribution in [3.63, 3.8) is 0 Å². The van der Waals surface area contributed by atoms with Gasteiger partial charge in [0.15, 0.2) is 0 Å². The number of carbonyl (C=O) groups is 2. The van der Waals surface area contributed by atoms with Gasteiger partial charge in [0.25, 0.3) is 11.1 Å². The van der Waals surface area contributed by atoms with E-state index in [0.717, 1.165) is 26.3 Å². The summed E-state index contributed by atoms with van der Waals surface area (Å²) in [4.78, 5) is 23.0. The summed E-state index contributed by atoms with van der Waals surface area (Å²) in [5.41, 5.74) is 0.780. The number of nitrogens with one attached hydrogen (secondary N) is 1. The lowest BCUT2D eigenvalue weighted by atomic mass is 10.2. The first-order chi connectivity index (χ1) is 9.51. The highest BCUT2D eigenvalue weighted by molar-refractivity contribution is 9.11. The molecule has 7 heteroatoms. The standard InChI is InChI=1S/C13H9Br2NO3S/c1-2-3-19-11-8(14)4-7(5-9(11)15)6-10-12(17)16-13(18)20-10/h2,4-6H,1,3H2,(H,16,17,18)/b10-6-. The smallest absolute Gasteiger partial charge is 0.290 e. The van der Waals surface area contributed by atoms with E-state index in [4.69, 9.17) is 4.74 Å². The minimum Gasteiger partial charge on any atom is -0.487 e. The molecule has 104 valence electrons. The van der Waals surface area contributed by atoms with Gasteiger partial charge in [0.05, 0.1) is 13.9 Å². The van der Waals surface area contributed by atoms with Gasteiger partial charge in [-0.15, -0.1) is 0 Å². The molecule has 0 bridgehead atoms. The van der Waals surface area contributed by atoms with E-state index >= 15 is 0 Å². The molecule has 4 nitrogen and oxygen atoms in total. The van der Waals surface area contributed by atoms with E-state index in [9.17, 15) is 9.59 Å². The van der Waals surface area contributed by atoms with Gasteiger partial charge in [0.1, 0.15) is 12.4 Å². The SMILES string of the molecule is C=CCOc1c(Br)cc(/C=C2\SC(=O)NC2=O)cc1Br. The lowest BCUT2D eigenvalue weighted by molar-refractivity contribution is -0.115. The molecule has 1 saturated heterocycles. The van der Waals surface area contributed by atoms with Gasteiger partial charge in [-0.1, -0.05) is 12.7 Å². The first-order valence-corrected chi connectivity index (χ1v) is 7.89. The zero-order chi connectivity index (χ0) is 14.7. The van der Waals surface area contributed by atoms with E-state index in [1.807, 2.05) is 12.1 Å². The predicted molar refractivity (Wildman–Crippen MR) is 86.6 cm³/mol. The minimum atomic E-state index is -0.376. The van der Waals surface area contributed by atoms with Crippen LogP contribution in [0.1, 0.15) is 5.56 Å². The van der Waals surface area contributed by atoms with Crippen LogP contribution in [-0.2, 0) is 4.79 Å². The van der Waals surface area contributed by atoms with Crippen molar-refractivity contribution < 1.29 is 14.3 Å². The van der Waals surface area contributed by atoms with E-state index in [1.165, 1.54) is 0 Å². The van der Waals surface area contributed by atoms with Crippen molar-refractivity contribution in [1.29, 1.82) is 0 Å². The van der Waals surface area contributed by atoms with E-state index in [-0.39, 0.29) is 11.1 Å². The van der Waals surface area contributed by atoms with Crippen molar-refractivity contribution >= 4 is 60.8 Å². The second-order valence-electron chi connectivity index (χ2n) is 3.77. The maximum Gasteiger partial charge on any atom is 0.290 e. The first-order valence-electron chi connectivity index (χ1n) is 5.49. The molecule has 0 aliphatic carbocycles. The normalized spacial score (nSPS) is 16.4. The average Bonchev–Trinajstić information content (AvgIpc) is 2.67. The summed E-state index contributed by atoms with van der Waals surface area (Å²) >= 11 is 7.71. The van der Waals surface area contributed by atoms with Crippen LogP contribution in [0.25, 0.3) is 6.08 Å². The Morgan fingerprint density at radius 1 is 1.30 bits per heavy atom. The molecule has 0 unspecified atom stereocenters. The van der Waals surface area contributed by atoms with Gasteiger partial charge in [-0.2, -0.15) is 0 Å². The Bertz CT molecular complexity index is 605. The molecule has 1 fully saturated rings. The maximum atomic E-state index is 11.5. The lowest BCUT2D eigenvalue weighted by Gasteiger charge is -2.09. The summed E-state index contributed by atoms with van der Waals surface area (Å²) in [5, 5.41) is 1.86. The number of rotatable bonds is 4. The largest absolute Gasteiger partial charge is 0.487 e. The number of halogens is 2. The summed E-state index contributed by atoms with van der Waals surface area (Å²) in [7, 11) is 0. The molecule has 0 atom stereocenters. The van der Waals surface area contributed by atoms with Crippen LogP contribution < -0.4 is 10.1 Å². The molecule has 0 radical (unpaired) electrons. The summed E-state index contributed by atoms with van der Waals surface area (Å²) < 4.78 is 7.00. The number of amides is 2.